The third kappa shape index (κ3) is 3.20. The van der Waals surface area contributed by atoms with Crippen molar-refractivity contribution in [1.82, 2.24) is 10.2 Å². The number of nitrogens with one attached hydrogen (secondary N) is 1. The van der Waals surface area contributed by atoms with Gasteiger partial charge in [0.15, 0.2) is 0 Å². The first-order valence-electron chi connectivity index (χ1n) is 8.21. The Hall–Kier alpha value is -1.81. The maximum Gasteiger partial charge on any atom is 0.327 e. The summed E-state index contributed by atoms with van der Waals surface area (Å²) in [5.74, 6) is -2.12. The number of fused-ring (bicyclic) bond motifs is 1. The molecule has 3 aliphatic rings. The van der Waals surface area contributed by atoms with E-state index < -0.39 is 30.1 Å². The van der Waals surface area contributed by atoms with Crippen molar-refractivity contribution in [3.63, 3.8) is 0 Å². The van der Waals surface area contributed by atoms with Crippen molar-refractivity contribution in [1.29, 1.82) is 0 Å². The lowest BCUT2D eigenvalue weighted by Crippen LogP contribution is -2.76. The quantitative estimate of drug-likeness (QED) is 0.425. The molecule has 4 atom stereocenters. The van der Waals surface area contributed by atoms with E-state index in [0.717, 1.165) is 12.8 Å². The van der Waals surface area contributed by atoms with Crippen LogP contribution in [0.4, 0.5) is 0 Å². The van der Waals surface area contributed by atoms with E-state index in [2.05, 4.69) is 5.32 Å². The monoisotopic (exact) mass is 371 g/mol. The van der Waals surface area contributed by atoms with E-state index >= 15 is 0 Å². The maximum atomic E-state index is 12.4. The van der Waals surface area contributed by atoms with E-state index in [9.17, 15) is 24.3 Å². The smallest absolute Gasteiger partial charge is 0.327 e. The molecule has 138 valence electrons. The second-order valence-electron chi connectivity index (χ2n) is 6.93. The number of amides is 2. The van der Waals surface area contributed by atoms with Gasteiger partial charge in [0.25, 0.3) is 0 Å². The van der Waals surface area contributed by atoms with E-state index in [1.165, 1.54) is 16.7 Å². The summed E-state index contributed by atoms with van der Waals surface area (Å²) in [5, 5.41) is 20.5. The SMILES string of the molecule is N[C@H](CCCC(=O)N[C@@H]1C(=O)N2[C@@H]1SCC1(CC1)[C@@H]2C(=O)O)C(=O)O. The topological polar surface area (TPSA) is 150 Å². The second-order valence-corrected chi connectivity index (χ2v) is 8.04. The highest BCUT2D eigenvalue weighted by molar-refractivity contribution is 8.00. The fraction of sp³-hybridized carbons (Fsp3) is 0.733. The Kier molecular flexibility index (Phi) is 4.67. The van der Waals surface area contributed by atoms with Crippen LogP contribution < -0.4 is 11.1 Å². The Labute approximate surface area is 148 Å². The van der Waals surface area contributed by atoms with Gasteiger partial charge in [-0.1, -0.05) is 0 Å². The van der Waals surface area contributed by atoms with E-state index in [-0.39, 0.29) is 35.4 Å². The number of β-lactam (4-membered cyclic amide) rings is 1. The first-order chi connectivity index (χ1) is 11.8. The molecule has 0 aromatic rings. The molecule has 2 saturated heterocycles. The van der Waals surface area contributed by atoms with Crippen molar-refractivity contribution in [2.45, 2.75) is 55.6 Å². The Morgan fingerprint density at radius 1 is 1.36 bits per heavy atom. The van der Waals surface area contributed by atoms with E-state index in [4.69, 9.17) is 10.8 Å². The number of nitrogens with two attached hydrogens (primary N) is 1. The van der Waals surface area contributed by atoms with Crippen LogP contribution in [-0.4, -0.2) is 68.1 Å². The highest BCUT2D eigenvalue weighted by Crippen LogP contribution is 2.59. The summed E-state index contributed by atoms with van der Waals surface area (Å²) in [7, 11) is 0. The third-order valence-corrected chi connectivity index (χ3v) is 6.74. The number of carbonyl (C=O) groups is 4. The van der Waals surface area contributed by atoms with Crippen LogP contribution in [0, 0.1) is 5.41 Å². The molecule has 2 amide bonds. The van der Waals surface area contributed by atoms with Crippen LogP contribution in [0.1, 0.15) is 32.1 Å². The van der Waals surface area contributed by atoms with Gasteiger partial charge >= 0.3 is 11.9 Å². The average Bonchev–Trinajstić information content (AvgIpc) is 3.31. The van der Waals surface area contributed by atoms with Gasteiger partial charge in [-0.05, 0) is 25.7 Å². The number of carboxylic acids is 2. The molecule has 0 aromatic heterocycles. The van der Waals surface area contributed by atoms with Crippen molar-refractivity contribution in [2.24, 2.45) is 11.1 Å². The molecule has 5 N–H and O–H groups in total. The fourth-order valence-electron chi connectivity index (χ4n) is 3.51. The summed E-state index contributed by atoms with van der Waals surface area (Å²) >= 11 is 1.52. The van der Waals surface area contributed by atoms with Gasteiger partial charge in [0.05, 0.1) is 0 Å². The van der Waals surface area contributed by atoms with Gasteiger partial charge in [-0.2, -0.15) is 0 Å². The van der Waals surface area contributed by atoms with Crippen molar-refractivity contribution in [3.8, 4) is 0 Å². The molecule has 0 radical (unpaired) electrons. The van der Waals surface area contributed by atoms with Crippen molar-refractivity contribution in [3.05, 3.63) is 0 Å². The van der Waals surface area contributed by atoms with Gasteiger partial charge in [0.2, 0.25) is 11.8 Å². The van der Waals surface area contributed by atoms with Gasteiger partial charge in [-0.25, -0.2) is 4.79 Å². The van der Waals surface area contributed by atoms with Gasteiger partial charge in [0, 0.05) is 17.6 Å². The molecule has 1 saturated carbocycles. The molecule has 3 fully saturated rings. The third-order valence-electron chi connectivity index (χ3n) is 5.16. The van der Waals surface area contributed by atoms with Crippen LogP contribution in [0.25, 0.3) is 0 Å². The summed E-state index contributed by atoms with van der Waals surface area (Å²) in [6.07, 6.45) is 2.19. The highest BCUT2D eigenvalue weighted by Gasteiger charge is 2.66. The molecule has 1 aliphatic carbocycles. The minimum Gasteiger partial charge on any atom is -0.480 e. The molecule has 0 bridgehead atoms. The summed E-state index contributed by atoms with van der Waals surface area (Å²) < 4.78 is 0. The zero-order valence-electron chi connectivity index (χ0n) is 13.5. The summed E-state index contributed by atoms with van der Waals surface area (Å²) in [4.78, 5) is 48.0. The number of carboxylic acid groups (broad SMARTS) is 2. The summed E-state index contributed by atoms with van der Waals surface area (Å²) in [6.45, 7) is 0. The summed E-state index contributed by atoms with van der Waals surface area (Å²) in [5.41, 5.74) is 5.07. The van der Waals surface area contributed by atoms with Crippen LogP contribution in [0.2, 0.25) is 0 Å². The zero-order valence-corrected chi connectivity index (χ0v) is 14.3. The average molecular weight is 371 g/mol. The fourth-order valence-corrected chi connectivity index (χ4v) is 5.22. The number of hydrogen-bond donors (Lipinski definition) is 4. The molecule has 9 nitrogen and oxygen atoms in total. The maximum absolute atomic E-state index is 12.4. The molecule has 0 unspecified atom stereocenters. The van der Waals surface area contributed by atoms with E-state index in [0.29, 0.717) is 12.2 Å². The number of rotatable bonds is 7. The van der Waals surface area contributed by atoms with Crippen LogP contribution in [-0.2, 0) is 19.2 Å². The molecule has 25 heavy (non-hydrogen) atoms. The molecular weight excluding hydrogens is 350 g/mol. The molecule has 3 rings (SSSR count). The Morgan fingerprint density at radius 3 is 2.60 bits per heavy atom. The standard InChI is InChI=1S/C15H21N3O6S/c16-7(13(21)22)2-1-3-8(19)17-9-11(20)18-10(14(23)24)15(4-5-15)6-25-12(9)18/h7,9-10,12H,1-6,16H2,(H,17,19)(H,21,22)(H,23,24)/t7-,9-,10+,12-/m1/s1. The predicted octanol–water partition coefficient (Wildman–Crippen LogP) is -0.798. The van der Waals surface area contributed by atoms with Gasteiger partial charge in [-0.3, -0.25) is 14.4 Å². The van der Waals surface area contributed by atoms with Crippen LogP contribution in [0.15, 0.2) is 0 Å². The Morgan fingerprint density at radius 2 is 2.04 bits per heavy atom. The van der Waals surface area contributed by atoms with Gasteiger partial charge in [0.1, 0.15) is 23.5 Å². The Balaban J connectivity index is 1.52. The summed E-state index contributed by atoms with van der Waals surface area (Å²) in [6, 6.07) is -2.51. The number of aliphatic carboxylic acids is 2. The first kappa shape index (κ1) is 18.0. The molecular formula is C15H21N3O6S. The first-order valence-corrected chi connectivity index (χ1v) is 9.26. The molecule has 2 heterocycles. The normalized spacial score (nSPS) is 30.2. The van der Waals surface area contributed by atoms with Crippen LogP contribution in [0.3, 0.4) is 0 Å². The highest BCUT2D eigenvalue weighted by atomic mass is 32.2. The number of thioether (sulfide) groups is 1. The van der Waals surface area contributed by atoms with Crippen LogP contribution in [0.5, 0.6) is 0 Å². The van der Waals surface area contributed by atoms with Crippen molar-refractivity contribution < 1.29 is 29.4 Å². The van der Waals surface area contributed by atoms with E-state index in [1.807, 2.05) is 0 Å². The van der Waals surface area contributed by atoms with E-state index in [1.54, 1.807) is 0 Å². The molecule has 10 heteroatoms. The van der Waals surface area contributed by atoms with Gasteiger partial charge in [-0.15, -0.1) is 11.8 Å². The Bertz CT molecular complexity index is 622. The van der Waals surface area contributed by atoms with Crippen LogP contribution >= 0.6 is 11.8 Å². The largest absolute Gasteiger partial charge is 0.480 e. The van der Waals surface area contributed by atoms with Crippen molar-refractivity contribution in [2.75, 3.05) is 5.75 Å². The number of hydrogen-bond acceptors (Lipinski definition) is 6. The number of carbonyl (C=O) groups excluding carboxylic acids is 2. The lowest BCUT2D eigenvalue weighted by atomic mass is 9.91. The molecule has 2 aliphatic heterocycles. The predicted molar refractivity (Wildman–Crippen MR) is 87.6 cm³/mol. The molecule has 1 spiro atoms. The van der Waals surface area contributed by atoms with Gasteiger partial charge < -0.3 is 26.2 Å². The lowest BCUT2D eigenvalue weighted by molar-refractivity contribution is -0.166. The number of nitrogens with zero attached hydrogens (tertiary/aromatic N) is 1. The second kappa shape index (κ2) is 6.49. The minimum absolute atomic E-state index is 0.0778. The lowest BCUT2D eigenvalue weighted by Gasteiger charge is -2.54. The minimum atomic E-state index is -1.11. The zero-order chi connectivity index (χ0) is 18.4. The van der Waals surface area contributed by atoms with Crippen molar-refractivity contribution >= 4 is 35.5 Å². The molecule has 0 aromatic carbocycles.